The predicted molar refractivity (Wildman–Crippen MR) is 102 cm³/mol. The van der Waals surface area contributed by atoms with Gasteiger partial charge in [-0.1, -0.05) is 0 Å². The lowest BCUT2D eigenvalue weighted by Crippen LogP contribution is -2.31. The smallest absolute Gasteiger partial charge is 0.412 e. The van der Waals surface area contributed by atoms with Crippen LogP contribution in [0.2, 0.25) is 0 Å². The first-order valence-electron chi connectivity index (χ1n) is 8.45. The molecule has 0 aromatic heterocycles. The van der Waals surface area contributed by atoms with Crippen LogP contribution >= 0.6 is 0 Å². The summed E-state index contributed by atoms with van der Waals surface area (Å²) in [4.78, 5) is 11.9. The Kier molecular flexibility index (Phi) is 7.11. The number of anilines is 2. The highest BCUT2D eigenvalue weighted by Crippen LogP contribution is 2.29. The van der Waals surface area contributed by atoms with Crippen LogP contribution in [0, 0.1) is 0 Å². The summed E-state index contributed by atoms with van der Waals surface area (Å²) in [5.74, 6) is 0.564. The van der Waals surface area contributed by atoms with E-state index in [4.69, 9.17) is 14.2 Å². The van der Waals surface area contributed by atoms with Gasteiger partial charge in [-0.2, -0.15) is 0 Å². The molecule has 0 aliphatic heterocycles. The van der Waals surface area contributed by atoms with Gasteiger partial charge in [0.05, 0.1) is 18.4 Å². The molecule has 0 saturated carbocycles. The van der Waals surface area contributed by atoms with E-state index in [9.17, 15) is 4.79 Å². The third-order valence-electron chi connectivity index (χ3n) is 3.60. The van der Waals surface area contributed by atoms with E-state index in [0.717, 1.165) is 12.1 Å². The number of carbonyl (C=O) groups is 1. The number of nitrogens with one attached hydrogen (secondary N) is 2. The lowest BCUT2D eigenvalue weighted by atomic mass is 9.99. The number of benzene rings is 1. The summed E-state index contributed by atoms with van der Waals surface area (Å²) in [5.41, 5.74) is 0.718. The standard InChI is InChI=1S/C19H32N2O4/c1-13(12-19(5,6)24-8)20-14-9-10-15(16(11-14)23-7)21-17(22)25-18(2,3)4/h9-11,13,20H,12H2,1-8H3,(H,21,22). The molecular formula is C19H32N2O4. The highest BCUT2D eigenvalue weighted by molar-refractivity contribution is 5.87. The maximum Gasteiger partial charge on any atom is 0.412 e. The summed E-state index contributed by atoms with van der Waals surface area (Å²) in [7, 11) is 3.28. The van der Waals surface area contributed by atoms with Crippen LogP contribution in [-0.2, 0) is 9.47 Å². The fourth-order valence-corrected chi connectivity index (χ4v) is 2.45. The molecule has 0 spiro atoms. The maximum absolute atomic E-state index is 11.9. The van der Waals surface area contributed by atoms with Crippen LogP contribution in [0.25, 0.3) is 0 Å². The average Bonchev–Trinajstić information content (AvgIpc) is 2.46. The second-order valence-electron chi connectivity index (χ2n) is 7.76. The van der Waals surface area contributed by atoms with E-state index in [2.05, 4.69) is 31.4 Å². The molecule has 0 aliphatic rings. The van der Waals surface area contributed by atoms with E-state index >= 15 is 0 Å². The largest absolute Gasteiger partial charge is 0.494 e. The van der Waals surface area contributed by atoms with Crippen LogP contribution < -0.4 is 15.4 Å². The highest BCUT2D eigenvalue weighted by Gasteiger charge is 2.21. The zero-order chi connectivity index (χ0) is 19.3. The molecule has 0 aliphatic carbocycles. The molecule has 0 radical (unpaired) electrons. The van der Waals surface area contributed by atoms with Crippen molar-refractivity contribution < 1.29 is 19.0 Å². The van der Waals surface area contributed by atoms with Crippen LogP contribution in [-0.4, -0.2) is 37.6 Å². The van der Waals surface area contributed by atoms with Crippen LogP contribution in [0.5, 0.6) is 5.75 Å². The Morgan fingerprint density at radius 2 is 1.80 bits per heavy atom. The quantitative estimate of drug-likeness (QED) is 0.747. The Labute approximate surface area is 151 Å². The van der Waals surface area contributed by atoms with Gasteiger partial charge >= 0.3 is 6.09 Å². The van der Waals surface area contributed by atoms with Gasteiger partial charge in [0.15, 0.2) is 0 Å². The summed E-state index contributed by atoms with van der Waals surface area (Å²) in [6.45, 7) is 11.7. The lowest BCUT2D eigenvalue weighted by molar-refractivity contribution is 0.0128. The third kappa shape index (κ3) is 7.65. The number of carbonyl (C=O) groups excluding carboxylic acids is 1. The van der Waals surface area contributed by atoms with Crippen LogP contribution in [0.3, 0.4) is 0 Å². The SMILES string of the molecule is COc1cc(NC(C)CC(C)(C)OC)ccc1NC(=O)OC(C)(C)C. The number of hydrogen-bond donors (Lipinski definition) is 2. The molecule has 0 saturated heterocycles. The summed E-state index contributed by atoms with van der Waals surface area (Å²) < 4.78 is 16.1. The number of methoxy groups -OCH3 is 2. The lowest BCUT2D eigenvalue weighted by Gasteiger charge is -2.27. The van der Waals surface area contributed by atoms with E-state index in [1.165, 1.54) is 0 Å². The van der Waals surface area contributed by atoms with E-state index in [1.807, 2.05) is 32.9 Å². The summed E-state index contributed by atoms with van der Waals surface area (Å²) in [5, 5.41) is 6.13. The Hall–Kier alpha value is -1.95. The number of hydrogen-bond acceptors (Lipinski definition) is 5. The minimum absolute atomic E-state index is 0.200. The molecule has 1 aromatic carbocycles. The molecule has 0 fully saturated rings. The van der Waals surface area contributed by atoms with Crippen molar-refractivity contribution in [3.63, 3.8) is 0 Å². The molecular weight excluding hydrogens is 320 g/mol. The zero-order valence-electron chi connectivity index (χ0n) is 16.6. The van der Waals surface area contributed by atoms with Gasteiger partial charge in [-0.05, 0) is 60.1 Å². The van der Waals surface area contributed by atoms with Gasteiger partial charge in [0.1, 0.15) is 11.4 Å². The summed E-state index contributed by atoms with van der Waals surface area (Å²) >= 11 is 0. The average molecular weight is 352 g/mol. The van der Waals surface area contributed by atoms with Crippen molar-refractivity contribution in [2.75, 3.05) is 24.9 Å². The first-order valence-corrected chi connectivity index (χ1v) is 8.45. The number of rotatable bonds is 7. The van der Waals surface area contributed by atoms with Crippen LogP contribution in [0.15, 0.2) is 18.2 Å². The Bertz CT molecular complexity index is 579. The first-order chi connectivity index (χ1) is 11.5. The van der Waals surface area contributed by atoms with E-state index in [1.54, 1.807) is 20.3 Å². The minimum atomic E-state index is -0.553. The van der Waals surface area contributed by atoms with Gasteiger partial charge in [-0.3, -0.25) is 5.32 Å². The molecule has 6 nitrogen and oxygen atoms in total. The Morgan fingerprint density at radius 1 is 1.16 bits per heavy atom. The number of amides is 1. The Balaban J connectivity index is 2.79. The molecule has 0 heterocycles. The normalized spacial score (nSPS) is 13.1. The van der Waals surface area contributed by atoms with Gasteiger partial charge in [-0.15, -0.1) is 0 Å². The molecule has 1 rings (SSSR count). The van der Waals surface area contributed by atoms with Gasteiger partial charge < -0.3 is 19.5 Å². The summed E-state index contributed by atoms with van der Waals surface area (Å²) in [6.07, 6.45) is 0.339. The van der Waals surface area contributed by atoms with Crippen molar-refractivity contribution in [2.24, 2.45) is 0 Å². The van der Waals surface area contributed by atoms with Gasteiger partial charge in [-0.25, -0.2) is 4.79 Å². The molecule has 6 heteroatoms. The predicted octanol–water partition coefficient (Wildman–Crippen LogP) is 4.66. The monoisotopic (exact) mass is 352 g/mol. The van der Waals surface area contributed by atoms with E-state index in [-0.39, 0.29) is 11.6 Å². The van der Waals surface area contributed by atoms with E-state index in [0.29, 0.717) is 11.4 Å². The van der Waals surface area contributed by atoms with Crippen LogP contribution in [0.4, 0.5) is 16.2 Å². The van der Waals surface area contributed by atoms with Crippen molar-refractivity contribution in [3.05, 3.63) is 18.2 Å². The molecule has 2 N–H and O–H groups in total. The molecule has 1 unspecified atom stereocenters. The molecule has 25 heavy (non-hydrogen) atoms. The second kappa shape index (κ2) is 8.43. The number of ether oxygens (including phenoxy) is 3. The molecule has 1 aromatic rings. The van der Waals surface area contributed by atoms with Gasteiger partial charge in [0.2, 0.25) is 0 Å². The second-order valence-corrected chi connectivity index (χ2v) is 7.76. The van der Waals surface area contributed by atoms with Crippen molar-refractivity contribution in [1.29, 1.82) is 0 Å². The minimum Gasteiger partial charge on any atom is -0.494 e. The van der Waals surface area contributed by atoms with Crippen molar-refractivity contribution >= 4 is 17.5 Å². The fraction of sp³-hybridized carbons (Fsp3) is 0.632. The summed E-state index contributed by atoms with van der Waals surface area (Å²) in [6, 6.07) is 5.75. The molecule has 1 atom stereocenters. The van der Waals surface area contributed by atoms with Crippen molar-refractivity contribution in [3.8, 4) is 5.75 Å². The first kappa shape index (κ1) is 21.1. The highest BCUT2D eigenvalue weighted by atomic mass is 16.6. The van der Waals surface area contributed by atoms with Crippen molar-refractivity contribution in [1.82, 2.24) is 0 Å². The van der Waals surface area contributed by atoms with Crippen LogP contribution in [0.1, 0.15) is 48.0 Å². The molecule has 0 bridgehead atoms. The maximum atomic E-state index is 11.9. The molecule has 142 valence electrons. The zero-order valence-corrected chi connectivity index (χ0v) is 16.6. The third-order valence-corrected chi connectivity index (χ3v) is 3.60. The van der Waals surface area contributed by atoms with E-state index < -0.39 is 11.7 Å². The van der Waals surface area contributed by atoms with Gasteiger partial charge in [0, 0.05) is 24.9 Å². The molecule has 1 amide bonds. The van der Waals surface area contributed by atoms with Crippen molar-refractivity contribution in [2.45, 2.75) is 65.2 Å². The van der Waals surface area contributed by atoms with Gasteiger partial charge in [0.25, 0.3) is 0 Å². The fourth-order valence-electron chi connectivity index (χ4n) is 2.45. The Morgan fingerprint density at radius 3 is 2.32 bits per heavy atom. The topological polar surface area (TPSA) is 68.8 Å².